The minimum absolute atomic E-state index is 0.0996. The van der Waals surface area contributed by atoms with Gasteiger partial charge >= 0.3 is 6.03 Å². The number of aromatic nitrogens is 1. The van der Waals surface area contributed by atoms with Crippen molar-refractivity contribution in [2.75, 3.05) is 19.6 Å². The predicted molar refractivity (Wildman–Crippen MR) is 142 cm³/mol. The van der Waals surface area contributed by atoms with E-state index in [1.165, 1.54) is 21.5 Å². The number of aryl methyl sites for hydroxylation is 1. The van der Waals surface area contributed by atoms with E-state index in [2.05, 4.69) is 63.4 Å². The molecule has 6 nitrogen and oxygen atoms in total. The first-order valence-corrected chi connectivity index (χ1v) is 13.0. The fourth-order valence-corrected chi connectivity index (χ4v) is 5.86. The third kappa shape index (κ3) is 4.89. The zero-order valence-corrected chi connectivity index (χ0v) is 20.9. The summed E-state index contributed by atoms with van der Waals surface area (Å²) in [6.45, 7) is 4.55. The minimum atomic E-state index is -0.839. The highest BCUT2D eigenvalue weighted by molar-refractivity contribution is 6.07. The zero-order valence-electron chi connectivity index (χ0n) is 20.9. The number of H-pyrrole nitrogens is 1. The Morgan fingerprint density at radius 2 is 1.78 bits per heavy atom. The first-order valence-electron chi connectivity index (χ1n) is 13.0. The van der Waals surface area contributed by atoms with E-state index < -0.39 is 5.54 Å². The van der Waals surface area contributed by atoms with Crippen LogP contribution in [0, 0.1) is 17.8 Å². The standard InChI is InChI=1S/C30H34N4O2/c1-2-3-18-34-28(35)30(32-29(34)36,17-9-12-23-10-5-4-6-11-23)25-15-19-33(20-16-25)22-26-21-24-13-7-8-14-27(24)31-26/h4-8,10-11,13-14,21,25,31H,9,12,15-20,22H2,1H3,(H,32,36)/t30-/m1/s1. The number of hydrogen-bond donors (Lipinski definition) is 2. The normalized spacial score (nSPS) is 21.0. The highest BCUT2D eigenvalue weighted by atomic mass is 16.2. The van der Waals surface area contributed by atoms with Crippen LogP contribution < -0.4 is 5.32 Å². The number of likely N-dealkylation sites (tertiary alicyclic amines) is 1. The van der Waals surface area contributed by atoms with Crippen molar-refractivity contribution >= 4 is 22.8 Å². The summed E-state index contributed by atoms with van der Waals surface area (Å²) in [5.74, 6) is 5.73. The van der Waals surface area contributed by atoms with E-state index in [9.17, 15) is 9.59 Å². The first-order chi connectivity index (χ1) is 17.6. The molecule has 2 aliphatic rings. The van der Waals surface area contributed by atoms with Gasteiger partial charge in [0.1, 0.15) is 5.54 Å². The number of nitrogens with one attached hydrogen (secondary N) is 2. The minimum Gasteiger partial charge on any atom is -0.357 e. The van der Waals surface area contributed by atoms with Crippen molar-refractivity contribution in [2.45, 2.75) is 51.1 Å². The highest BCUT2D eigenvalue weighted by Gasteiger charge is 2.55. The fourth-order valence-electron chi connectivity index (χ4n) is 5.86. The number of piperidine rings is 1. The molecule has 2 saturated heterocycles. The number of para-hydroxylation sites is 1. The molecule has 0 radical (unpaired) electrons. The number of rotatable bonds is 8. The average molecular weight is 483 g/mol. The molecule has 0 unspecified atom stereocenters. The van der Waals surface area contributed by atoms with Gasteiger partial charge in [0, 0.05) is 17.8 Å². The molecule has 2 aliphatic heterocycles. The van der Waals surface area contributed by atoms with Gasteiger partial charge in [0.15, 0.2) is 0 Å². The predicted octanol–water partition coefficient (Wildman–Crippen LogP) is 4.72. The summed E-state index contributed by atoms with van der Waals surface area (Å²) in [6, 6.07) is 20.6. The van der Waals surface area contributed by atoms with Crippen molar-refractivity contribution in [2.24, 2.45) is 5.92 Å². The summed E-state index contributed by atoms with van der Waals surface area (Å²) in [7, 11) is 0. The molecule has 3 amide bonds. The molecule has 0 saturated carbocycles. The summed E-state index contributed by atoms with van der Waals surface area (Å²) in [6.07, 6.45) is 4.14. The summed E-state index contributed by atoms with van der Waals surface area (Å²) in [4.78, 5) is 33.9. The Labute approximate surface area is 213 Å². The Morgan fingerprint density at radius 1 is 1.03 bits per heavy atom. The molecular formula is C30H34N4O2. The summed E-state index contributed by atoms with van der Waals surface area (Å²) < 4.78 is 0. The molecule has 1 atom stereocenters. The molecule has 0 aliphatic carbocycles. The molecule has 2 N–H and O–H groups in total. The number of amides is 3. The number of carbonyl (C=O) groups is 2. The Kier molecular flexibility index (Phi) is 7.11. The van der Waals surface area contributed by atoms with Crippen LogP contribution in [0.1, 0.15) is 43.9 Å². The van der Waals surface area contributed by atoms with Crippen molar-refractivity contribution in [3.8, 4) is 11.8 Å². The molecular weight excluding hydrogens is 448 g/mol. The number of nitrogens with zero attached hydrogens (tertiary/aromatic N) is 2. The number of fused-ring (bicyclic) bond motifs is 1. The molecule has 2 aromatic carbocycles. The molecule has 3 heterocycles. The van der Waals surface area contributed by atoms with Gasteiger partial charge in [-0.05, 0) is 81.1 Å². The van der Waals surface area contributed by atoms with Gasteiger partial charge in [-0.1, -0.05) is 54.5 Å². The maximum absolute atomic E-state index is 13.7. The SMILES string of the molecule is CC#CCN1C(=O)N[C@](CCCc2ccccc2)(C2CCN(Cc3cc4ccccc4[nH]3)CC2)C1=O. The number of benzene rings is 2. The van der Waals surface area contributed by atoms with E-state index in [4.69, 9.17) is 0 Å². The molecule has 2 fully saturated rings. The lowest BCUT2D eigenvalue weighted by atomic mass is 9.74. The third-order valence-corrected chi connectivity index (χ3v) is 7.76. The van der Waals surface area contributed by atoms with Crippen LogP contribution in [0.2, 0.25) is 0 Å². The smallest absolute Gasteiger partial charge is 0.325 e. The summed E-state index contributed by atoms with van der Waals surface area (Å²) in [5, 5.41) is 4.39. The molecule has 186 valence electrons. The maximum Gasteiger partial charge on any atom is 0.325 e. The van der Waals surface area contributed by atoms with Gasteiger partial charge < -0.3 is 10.3 Å². The van der Waals surface area contributed by atoms with Gasteiger partial charge in [0.2, 0.25) is 0 Å². The van der Waals surface area contributed by atoms with Crippen LogP contribution in [0.3, 0.4) is 0 Å². The zero-order chi connectivity index (χ0) is 25.0. The maximum atomic E-state index is 13.7. The van der Waals surface area contributed by atoms with Gasteiger partial charge in [0.25, 0.3) is 5.91 Å². The van der Waals surface area contributed by atoms with Crippen molar-refractivity contribution < 1.29 is 9.59 Å². The number of aromatic amines is 1. The molecule has 1 aromatic heterocycles. The second kappa shape index (κ2) is 10.6. The van der Waals surface area contributed by atoms with Gasteiger partial charge in [-0.3, -0.25) is 14.6 Å². The van der Waals surface area contributed by atoms with E-state index in [1.807, 2.05) is 24.3 Å². The number of hydrogen-bond acceptors (Lipinski definition) is 3. The van der Waals surface area contributed by atoms with Crippen LogP contribution >= 0.6 is 0 Å². The largest absolute Gasteiger partial charge is 0.357 e. The van der Waals surface area contributed by atoms with Crippen LogP contribution in [0.5, 0.6) is 0 Å². The quantitative estimate of drug-likeness (QED) is 0.361. The van der Waals surface area contributed by atoms with Crippen molar-refractivity contribution in [3.63, 3.8) is 0 Å². The monoisotopic (exact) mass is 482 g/mol. The number of urea groups is 1. The lowest BCUT2D eigenvalue weighted by molar-refractivity contribution is -0.134. The van der Waals surface area contributed by atoms with E-state index in [0.29, 0.717) is 6.42 Å². The lowest BCUT2D eigenvalue weighted by Crippen LogP contribution is -2.56. The molecule has 3 aromatic rings. The van der Waals surface area contributed by atoms with E-state index in [-0.39, 0.29) is 24.4 Å². The topological polar surface area (TPSA) is 68.4 Å². The molecule has 0 bridgehead atoms. The van der Waals surface area contributed by atoms with Crippen molar-refractivity contribution in [1.29, 1.82) is 0 Å². The summed E-state index contributed by atoms with van der Waals surface area (Å²) in [5.41, 5.74) is 2.79. The molecule has 0 spiro atoms. The van der Waals surface area contributed by atoms with Gasteiger partial charge in [-0.2, -0.15) is 0 Å². The molecule has 5 rings (SSSR count). The van der Waals surface area contributed by atoms with E-state index >= 15 is 0 Å². The Hall–Kier alpha value is -3.56. The van der Waals surface area contributed by atoms with Crippen LogP contribution in [-0.2, 0) is 17.8 Å². The van der Waals surface area contributed by atoms with Crippen LogP contribution in [0.25, 0.3) is 10.9 Å². The Bertz CT molecular complexity index is 1250. The van der Waals surface area contributed by atoms with Gasteiger partial charge in [-0.25, -0.2) is 4.79 Å². The van der Waals surface area contributed by atoms with E-state index in [0.717, 1.165) is 50.8 Å². The lowest BCUT2D eigenvalue weighted by Gasteiger charge is -2.41. The fraction of sp³-hybridized carbons (Fsp3) is 0.400. The Balaban J connectivity index is 1.28. The van der Waals surface area contributed by atoms with Crippen LogP contribution in [0.15, 0.2) is 60.7 Å². The highest BCUT2D eigenvalue weighted by Crippen LogP contribution is 2.37. The van der Waals surface area contributed by atoms with Gasteiger partial charge in [0.05, 0.1) is 6.54 Å². The van der Waals surface area contributed by atoms with E-state index in [1.54, 1.807) is 6.92 Å². The second-order valence-corrected chi connectivity index (χ2v) is 9.99. The van der Waals surface area contributed by atoms with Crippen LogP contribution in [-0.4, -0.2) is 51.9 Å². The van der Waals surface area contributed by atoms with Crippen LogP contribution in [0.4, 0.5) is 4.79 Å². The number of imide groups is 1. The molecule has 6 heteroatoms. The third-order valence-electron chi connectivity index (χ3n) is 7.76. The summed E-state index contributed by atoms with van der Waals surface area (Å²) >= 11 is 0. The van der Waals surface area contributed by atoms with Gasteiger partial charge in [-0.15, -0.1) is 5.92 Å². The van der Waals surface area contributed by atoms with Crippen molar-refractivity contribution in [3.05, 3.63) is 71.9 Å². The first kappa shape index (κ1) is 24.1. The second-order valence-electron chi connectivity index (χ2n) is 9.99. The Morgan fingerprint density at radius 3 is 2.53 bits per heavy atom. The molecule has 36 heavy (non-hydrogen) atoms. The van der Waals surface area contributed by atoms with Crippen molar-refractivity contribution in [1.82, 2.24) is 20.1 Å². The average Bonchev–Trinajstić information content (AvgIpc) is 3.41. The number of carbonyl (C=O) groups excluding carboxylic acids is 2.